The molecule has 2 nitrogen and oxygen atoms in total. The average molecular weight is 209 g/mol. The largest absolute Gasteiger partial charge is 0.297 e. The molecule has 3 heteroatoms. The van der Waals surface area contributed by atoms with Crippen molar-refractivity contribution in [2.45, 2.75) is 38.5 Å². The Morgan fingerprint density at radius 3 is 3.07 bits per heavy atom. The van der Waals surface area contributed by atoms with Gasteiger partial charge < -0.3 is 0 Å². The molecule has 0 radical (unpaired) electrons. The molecule has 1 saturated carbocycles. The molecule has 0 amide bonds. The van der Waals surface area contributed by atoms with Crippen molar-refractivity contribution < 1.29 is 4.79 Å². The number of carbonyl (C=O) groups is 1. The highest BCUT2D eigenvalue weighted by molar-refractivity contribution is 7.13. The number of hydrogen-bond donors (Lipinski definition) is 0. The molecule has 0 spiro atoms. The summed E-state index contributed by atoms with van der Waals surface area (Å²) in [5, 5.41) is 1.17. The summed E-state index contributed by atoms with van der Waals surface area (Å²) >= 11 is 1.56. The van der Waals surface area contributed by atoms with Gasteiger partial charge in [0.2, 0.25) is 0 Å². The Labute approximate surface area is 88.4 Å². The van der Waals surface area contributed by atoms with E-state index in [2.05, 4.69) is 11.9 Å². The first-order chi connectivity index (χ1) is 6.79. The van der Waals surface area contributed by atoms with Gasteiger partial charge in [-0.2, -0.15) is 0 Å². The molecule has 2 atom stereocenters. The summed E-state index contributed by atoms with van der Waals surface area (Å²) in [7, 11) is 0. The summed E-state index contributed by atoms with van der Waals surface area (Å²) in [5.41, 5.74) is 0. The van der Waals surface area contributed by atoms with Crippen LogP contribution in [0.1, 0.15) is 53.2 Å². The lowest BCUT2D eigenvalue weighted by Gasteiger charge is -2.24. The van der Waals surface area contributed by atoms with Crippen molar-refractivity contribution in [3.63, 3.8) is 0 Å². The van der Waals surface area contributed by atoms with Crippen LogP contribution in [0.15, 0.2) is 6.20 Å². The molecule has 76 valence electrons. The predicted octanol–water partition coefficient (Wildman–Crippen LogP) is 3.25. The van der Waals surface area contributed by atoms with Gasteiger partial charge in [-0.3, -0.25) is 4.79 Å². The third-order valence-electron chi connectivity index (χ3n) is 2.94. The summed E-state index contributed by atoms with van der Waals surface area (Å²) in [4.78, 5) is 15.6. The van der Waals surface area contributed by atoms with Crippen molar-refractivity contribution in [2.75, 3.05) is 0 Å². The highest BCUT2D eigenvalue weighted by atomic mass is 32.1. The Balaban J connectivity index is 2.09. The molecule has 0 aliphatic heterocycles. The number of hydrogen-bond acceptors (Lipinski definition) is 3. The normalized spacial score (nSPS) is 27.5. The van der Waals surface area contributed by atoms with Crippen LogP contribution in [0.5, 0.6) is 0 Å². The van der Waals surface area contributed by atoms with E-state index in [0.717, 1.165) is 17.1 Å². The molecule has 2 rings (SSSR count). The van der Waals surface area contributed by atoms with Gasteiger partial charge in [-0.05, 0) is 18.8 Å². The quantitative estimate of drug-likeness (QED) is 0.700. The summed E-state index contributed by atoms with van der Waals surface area (Å²) in [6, 6.07) is 0. The molecule has 1 aromatic rings. The van der Waals surface area contributed by atoms with E-state index in [9.17, 15) is 4.79 Å². The molecule has 14 heavy (non-hydrogen) atoms. The second-order valence-corrected chi connectivity index (χ2v) is 5.28. The molecule has 0 saturated heterocycles. The second-order valence-electron chi connectivity index (χ2n) is 4.19. The van der Waals surface area contributed by atoms with Crippen LogP contribution in [-0.4, -0.2) is 11.3 Å². The van der Waals surface area contributed by atoms with Crippen molar-refractivity contribution >= 4 is 17.6 Å². The molecular weight excluding hydrogens is 194 g/mol. The Morgan fingerprint density at radius 1 is 1.57 bits per heavy atom. The fraction of sp³-hybridized carbons (Fsp3) is 0.636. The van der Waals surface area contributed by atoms with Gasteiger partial charge in [-0.15, -0.1) is 11.3 Å². The zero-order chi connectivity index (χ0) is 9.97. The molecule has 1 aliphatic rings. The first kappa shape index (κ1) is 9.84. The second kappa shape index (κ2) is 4.22. The van der Waals surface area contributed by atoms with Gasteiger partial charge in [-0.1, -0.05) is 19.8 Å². The lowest BCUT2D eigenvalue weighted by molar-refractivity contribution is 0.112. The maximum atomic E-state index is 10.5. The van der Waals surface area contributed by atoms with Gasteiger partial charge >= 0.3 is 0 Å². The SMILES string of the molecule is CC1CCCC(c2ncc(C=O)s2)C1. The Morgan fingerprint density at radius 2 is 2.43 bits per heavy atom. The number of carbonyl (C=O) groups excluding carboxylic acids is 1. The topological polar surface area (TPSA) is 30.0 Å². The van der Waals surface area contributed by atoms with Crippen LogP contribution < -0.4 is 0 Å². The maximum absolute atomic E-state index is 10.5. The van der Waals surface area contributed by atoms with Gasteiger partial charge in [0.15, 0.2) is 6.29 Å². The van der Waals surface area contributed by atoms with Crippen molar-refractivity contribution in [3.05, 3.63) is 16.1 Å². The minimum absolute atomic E-state index is 0.609. The molecule has 1 heterocycles. The van der Waals surface area contributed by atoms with E-state index in [1.54, 1.807) is 17.5 Å². The molecule has 0 N–H and O–H groups in total. The Hall–Kier alpha value is -0.700. The number of thiazole rings is 1. The monoisotopic (exact) mass is 209 g/mol. The van der Waals surface area contributed by atoms with E-state index in [1.807, 2.05) is 0 Å². The average Bonchev–Trinajstić information content (AvgIpc) is 2.66. The van der Waals surface area contributed by atoms with Crippen molar-refractivity contribution in [3.8, 4) is 0 Å². The minimum atomic E-state index is 0.609. The lowest BCUT2D eigenvalue weighted by atomic mass is 9.83. The van der Waals surface area contributed by atoms with Crippen LogP contribution in [0.25, 0.3) is 0 Å². The smallest absolute Gasteiger partial charge is 0.161 e. The lowest BCUT2D eigenvalue weighted by Crippen LogP contribution is -2.11. The molecule has 0 aromatic carbocycles. The molecule has 0 bridgehead atoms. The summed E-state index contributed by atoms with van der Waals surface area (Å²) in [6.45, 7) is 2.31. The maximum Gasteiger partial charge on any atom is 0.161 e. The predicted molar refractivity (Wildman–Crippen MR) is 57.9 cm³/mol. The number of rotatable bonds is 2. The van der Waals surface area contributed by atoms with Crippen molar-refractivity contribution in [1.29, 1.82) is 0 Å². The highest BCUT2D eigenvalue weighted by Crippen LogP contribution is 2.37. The number of aromatic nitrogens is 1. The van der Waals surface area contributed by atoms with Gasteiger partial charge in [0, 0.05) is 12.1 Å². The van der Waals surface area contributed by atoms with Crippen LogP contribution in [0.4, 0.5) is 0 Å². The standard InChI is InChI=1S/C11H15NOS/c1-8-3-2-4-9(5-8)11-12-6-10(7-13)14-11/h6-9H,2-5H2,1H3. The Bertz CT molecular complexity index is 321. The van der Waals surface area contributed by atoms with E-state index >= 15 is 0 Å². The Kier molecular flexibility index (Phi) is 2.96. The van der Waals surface area contributed by atoms with Crippen LogP contribution in [0.3, 0.4) is 0 Å². The summed E-state index contributed by atoms with van der Waals surface area (Å²) in [5.74, 6) is 1.43. The third-order valence-corrected chi connectivity index (χ3v) is 4.03. The summed E-state index contributed by atoms with van der Waals surface area (Å²) in [6.07, 6.45) is 7.74. The first-order valence-corrected chi connectivity index (χ1v) is 6.02. The molecule has 1 aliphatic carbocycles. The van der Waals surface area contributed by atoms with E-state index in [4.69, 9.17) is 0 Å². The number of nitrogens with zero attached hydrogens (tertiary/aromatic N) is 1. The number of aldehydes is 1. The van der Waals surface area contributed by atoms with Crippen LogP contribution in [0.2, 0.25) is 0 Å². The van der Waals surface area contributed by atoms with Gasteiger partial charge in [0.25, 0.3) is 0 Å². The van der Waals surface area contributed by atoms with Gasteiger partial charge in [-0.25, -0.2) is 4.98 Å². The third kappa shape index (κ3) is 2.03. The van der Waals surface area contributed by atoms with E-state index in [0.29, 0.717) is 5.92 Å². The zero-order valence-corrected chi connectivity index (χ0v) is 9.22. The van der Waals surface area contributed by atoms with Crippen LogP contribution in [-0.2, 0) is 0 Å². The molecule has 2 unspecified atom stereocenters. The van der Waals surface area contributed by atoms with Crippen molar-refractivity contribution in [2.24, 2.45) is 5.92 Å². The van der Waals surface area contributed by atoms with Crippen LogP contribution >= 0.6 is 11.3 Å². The van der Waals surface area contributed by atoms with E-state index < -0.39 is 0 Å². The molecular formula is C11H15NOS. The zero-order valence-electron chi connectivity index (χ0n) is 8.40. The highest BCUT2D eigenvalue weighted by Gasteiger charge is 2.22. The van der Waals surface area contributed by atoms with E-state index in [-0.39, 0.29) is 0 Å². The molecule has 1 fully saturated rings. The minimum Gasteiger partial charge on any atom is -0.297 e. The van der Waals surface area contributed by atoms with Gasteiger partial charge in [0.1, 0.15) is 0 Å². The van der Waals surface area contributed by atoms with E-state index in [1.165, 1.54) is 30.7 Å². The fourth-order valence-electron chi connectivity index (χ4n) is 2.20. The van der Waals surface area contributed by atoms with Crippen molar-refractivity contribution in [1.82, 2.24) is 4.98 Å². The van der Waals surface area contributed by atoms with Gasteiger partial charge in [0.05, 0.1) is 9.88 Å². The first-order valence-electron chi connectivity index (χ1n) is 5.20. The van der Waals surface area contributed by atoms with Crippen LogP contribution in [0, 0.1) is 5.92 Å². The fourth-order valence-corrected chi connectivity index (χ4v) is 3.08. The summed E-state index contributed by atoms with van der Waals surface area (Å²) < 4.78 is 0. The molecule has 1 aromatic heterocycles.